The molecular weight excluding hydrogens is 252 g/mol. The molecule has 2 atom stereocenters. The standard InChI is InChI=1S/C14H17F2NO2/c1-9(18)10-3-2-6-17(8-10)14(19)12-5-4-11(15)7-13(12)16/h4-5,7,9-10,18H,2-3,6,8H2,1H3. The van der Waals surface area contributed by atoms with Gasteiger partial charge < -0.3 is 10.0 Å². The highest BCUT2D eigenvalue weighted by molar-refractivity contribution is 5.94. The maximum absolute atomic E-state index is 13.6. The molecule has 0 radical (unpaired) electrons. The summed E-state index contributed by atoms with van der Waals surface area (Å²) < 4.78 is 26.4. The second-order valence-corrected chi connectivity index (χ2v) is 5.02. The minimum Gasteiger partial charge on any atom is -0.393 e. The molecule has 1 amide bonds. The van der Waals surface area contributed by atoms with Crippen LogP contribution >= 0.6 is 0 Å². The lowest BCUT2D eigenvalue weighted by molar-refractivity contribution is 0.0462. The average molecular weight is 269 g/mol. The van der Waals surface area contributed by atoms with Crippen molar-refractivity contribution in [3.63, 3.8) is 0 Å². The van der Waals surface area contributed by atoms with Gasteiger partial charge in [0.25, 0.3) is 5.91 Å². The lowest BCUT2D eigenvalue weighted by Gasteiger charge is -2.34. The van der Waals surface area contributed by atoms with Gasteiger partial charge in [-0.25, -0.2) is 8.78 Å². The van der Waals surface area contributed by atoms with Gasteiger partial charge in [-0.2, -0.15) is 0 Å². The number of likely N-dealkylation sites (tertiary alicyclic amines) is 1. The molecule has 0 spiro atoms. The molecule has 1 aromatic carbocycles. The van der Waals surface area contributed by atoms with Gasteiger partial charge in [0.15, 0.2) is 0 Å². The molecule has 1 aromatic rings. The third kappa shape index (κ3) is 3.10. The van der Waals surface area contributed by atoms with E-state index < -0.39 is 23.6 Å². The number of aliphatic hydroxyl groups excluding tert-OH is 1. The van der Waals surface area contributed by atoms with Crippen molar-refractivity contribution in [1.29, 1.82) is 0 Å². The molecule has 0 aliphatic carbocycles. The third-order valence-electron chi connectivity index (χ3n) is 3.59. The maximum Gasteiger partial charge on any atom is 0.256 e. The Bertz CT molecular complexity index is 477. The van der Waals surface area contributed by atoms with Crippen LogP contribution in [0.5, 0.6) is 0 Å². The number of rotatable bonds is 2. The summed E-state index contributed by atoms with van der Waals surface area (Å²) in [4.78, 5) is 13.7. The number of amides is 1. The summed E-state index contributed by atoms with van der Waals surface area (Å²) in [5.74, 6) is -1.97. The highest BCUT2D eigenvalue weighted by Gasteiger charge is 2.28. The minimum atomic E-state index is -0.843. The minimum absolute atomic E-state index is 0.0150. The molecule has 0 aromatic heterocycles. The number of carbonyl (C=O) groups is 1. The Morgan fingerprint density at radius 3 is 2.84 bits per heavy atom. The maximum atomic E-state index is 13.6. The first-order chi connectivity index (χ1) is 8.99. The van der Waals surface area contributed by atoms with E-state index in [-0.39, 0.29) is 11.5 Å². The fourth-order valence-electron chi connectivity index (χ4n) is 2.42. The van der Waals surface area contributed by atoms with E-state index in [4.69, 9.17) is 0 Å². The van der Waals surface area contributed by atoms with Gasteiger partial charge in [0, 0.05) is 25.1 Å². The second-order valence-electron chi connectivity index (χ2n) is 5.02. The quantitative estimate of drug-likeness (QED) is 0.894. The van der Waals surface area contributed by atoms with Crippen LogP contribution in [0.1, 0.15) is 30.1 Å². The van der Waals surface area contributed by atoms with Gasteiger partial charge in [0.05, 0.1) is 11.7 Å². The topological polar surface area (TPSA) is 40.5 Å². The van der Waals surface area contributed by atoms with Crippen LogP contribution in [0.15, 0.2) is 18.2 Å². The summed E-state index contributed by atoms with van der Waals surface area (Å²) >= 11 is 0. The molecule has 1 aliphatic rings. The summed E-state index contributed by atoms with van der Waals surface area (Å²) in [6.45, 7) is 2.64. The van der Waals surface area contributed by atoms with Crippen molar-refractivity contribution in [1.82, 2.24) is 4.90 Å². The van der Waals surface area contributed by atoms with E-state index in [9.17, 15) is 18.7 Å². The fraction of sp³-hybridized carbons (Fsp3) is 0.500. The highest BCUT2D eigenvalue weighted by atomic mass is 19.1. The number of nitrogens with zero attached hydrogens (tertiary/aromatic N) is 1. The van der Waals surface area contributed by atoms with Crippen LogP contribution in [0.2, 0.25) is 0 Å². The number of hydrogen-bond donors (Lipinski definition) is 1. The number of carbonyl (C=O) groups excluding carboxylic acids is 1. The summed E-state index contributed by atoms with van der Waals surface area (Å²) in [5.41, 5.74) is -0.118. The molecule has 104 valence electrons. The summed E-state index contributed by atoms with van der Waals surface area (Å²) in [6, 6.07) is 2.95. The van der Waals surface area contributed by atoms with Gasteiger partial charge in [-0.3, -0.25) is 4.79 Å². The molecule has 3 nitrogen and oxygen atoms in total. The van der Waals surface area contributed by atoms with Crippen molar-refractivity contribution in [3.8, 4) is 0 Å². The Balaban J connectivity index is 2.15. The molecule has 5 heteroatoms. The van der Waals surface area contributed by atoms with E-state index in [0.29, 0.717) is 19.2 Å². The van der Waals surface area contributed by atoms with Gasteiger partial charge >= 0.3 is 0 Å². The zero-order valence-corrected chi connectivity index (χ0v) is 10.8. The predicted molar refractivity (Wildman–Crippen MR) is 66.7 cm³/mol. The molecule has 2 unspecified atom stereocenters. The smallest absolute Gasteiger partial charge is 0.256 e. The van der Waals surface area contributed by atoms with E-state index in [1.165, 1.54) is 11.0 Å². The Kier molecular flexibility index (Phi) is 4.14. The average Bonchev–Trinajstić information content (AvgIpc) is 2.38. The van der Waals surface area contributed by atoms with E-state index >= 15 is 0 Å². The highest BCUT2D eigenvalue weighted by Crippen LogP contribution is 2.22. The normalized spacial score (nSPS) is 21.3. The van der Waals surface area contributed by atoms with Gasteiger partial charge in [-0.15, -0.1) is 0 Å². The number of benzene rings is 1. The van der Waals surface area contributed by atoms with Gasteiger partial charge in [0.1, 0.15) is 11.6 Å². The monoisotopic (exact) mass is 269 g/mol. The SMILES string of the molecule is CC(O)C1CCCN(C(=O)c2ccc(F)cc2F)C1. The van der Waals surface area contributed by atoms with Gasteiger partial charge in [-0.05, 0) is 31.9 Å². The first kappa shape index (κ1) is 13.9. The summed E-state index contributed by atoms with van der Waals surface area (Å²) in [7, 11) is 0. The molecule has 1 N–H and O–H groups in total. The number of halogens is 2. The molecule has 1 saturated heterocycles. The molecule has 19 heavy (non-hydrogen) atoms. The van der Waals surface area contributed by atoms with E-state index in [1.54, 1.807) is 6.92 Å². The summed E-state index contributed by atoms with van der Waals surface area (Å²) in [6.07, 6.45) is 1.14. The Morgan fingerprint density at radius 2 is 2.21 bits per heavy atom. The van der Waals surface area contributed by atoms with E-state index in [1.807, 2.05) is 0 Å². The lowest BCUT2D eigenvalue weighted by atomic mass is 9.93. The van der Waals surface area contributed by atoms with E-state index in [0.717, 1.165) is 18.9 Å². The van der Waals surface area contributed by atoms with Crippen LogP contribution in [0, 0.1) is 17.6 Å². The van der Waals surface area contributed by atoms with Crippen molar-refractivity contribution in [2.45, 2.75) is 25.9 Å². The van der Waals surface area contributed by atoms with Gasteiger partial charge in [0.2, 0.25) is 0 Å². The largest absolute Gasteiger partial charge is 0.393 e. The molecule has 1 aliphatic heterocycles. The molecular formula is C14H17F2NO2. The fourth-order valence-corrected chi connectivity index (χ4v) is 2.42. The lowest BCUT2D eigenvalue weighted by Crippen LogP contribution is -2.43. The second kappa shape index (κ2) is 5.65. The van der Waals surface area contributed by atoms with Crippen molar-refractivity contribution in [2.24, 2.45) is 5.92 Å². The Labute approximate surface area is 110 Å². The number of hydrogen-bond acceptors (Lipinski definition) is 2. The Morgan fingerprint density at radius 1 is 1.47 bits per heavy atom. The van der Waals surface area contributed by atoms with Crippen LogP contribution in [0.25, 0.3) is 0 Å². The van der Waals surface area contributed by atoms with Crippen LogP contribution in [-0.2, 0) is 0 Å². The molecule has 1 fully saturated rings. The Hall–Kier alpha value is -1.49. The van der Waals surface area contributed by atoms with Crippen LogP contribution in [0.4, 0.5) is 8.78 Å². The number of aliphatic hydroxyl groups is 1. The first-order valence-corrected chi connectivity index (χ1v) is 6.41. The first-order valence-electron chi connectivity index (χ1n) is 6.41. The zero-order chi connectivity index (χ0) is 14.0. The van der Waals surface area contributed by atoms with E-state index in [2.05, 4.69) is 0 Å². The van der Waals surface area contributed by atoms with Crippen LogP contribution in [-0.4, -0.2) is 35.1 Å². The van der Waals surface area contributed by atoms with Crippen molar-refractivity contribution >= 4 is 5.91 Å². The molecule has 2 rings (SSSR count). The predicted octanol–water partition coefficient (Wildman–Crippen LogP) is 2.20. The van der Waals surface area contributed by atoms with Crippen molar-refractivity contribution < 1.29 is 18.7 Å². The van der Waals surface area contributed by atoms with Gasteiger partial charge in [-0.1, -0.05) is 0 Å². The third-order valence-corrected chi connectivity index (χ3v) is 3.59. The zero-order valence-electron chi connectivity index (χ0n) is 10.8. The molecule has 0 saturated carbocycles. The van der Waals surface area contributed by atoms with Crippen molar-refractivity contribution in [3.05, 3.63) is 35.4 Å². The van der Waals surface area contributed by atoms with Crippen LogP contribution in [0.3, 0.4) is 0 Å². The van der Waals surface area contributed by atoms with Crippen LogP contribution < -0.4 is 0 Å². The molecule has 1 heterocycles. The molecule has 0 bridgehead atoms. The number of piperidine rings is 1. The van der Waals surface area contributed by atoms with Crippen molar-refractivity contribution in [2.75, 3.05) is 13.1 Å². The summed E-state index contributed by atoms with van der Waals surface area (Å²) in [5, 5.41) is 9.58.